The highest BCUT2D eigenvalue weighted by atomic mass is 19.1. The van der Waals surface area contributed by atoms with Crippen LogP contribution in [0.5, 0.6) is 11.5 Å². The number of para-hydroxylation sites is 2. The summed E-state index contributed by atoms with van der Waals surface area (Å²) in [7, 11) is 1.52. The summed E-state index contributed by atoms with van der Waals surface area (Å²) in [5.74, 6) is 0.324. The molecule has 0 aliphatic carbocycles. The first-order chi connectivity index (χ1) is 14.8. The second kappa shape index (κ2) is 11.9. The predicted octanol–water partition coefficient (Wildman–Crippen LogP) is 3.79. The Hall–Kier alpha value is -3.09. The molecular formula is C24H31FN2O4. The number of nitrogens with zero attached hydrogens (tertiary/aromatic N) is 1. The molecule has 2 rings (SSSR count). The van der Waals surface area contributed by atoms with Gasteiger partial charge in [0.2, 0.25) is 5.91 Å². The summed E-state index contributed by atoms with van der Waals surface area (Å²) < 4.78 is 24.3. The van der Waals surface area contributed by atoms with E-state index in [0.29, 0.717) is 24.5 Å². The average molecular weight is 431 g/mol. The molecule has 0 saturated heterocycles. The minimum Gasteiger partial charge on any atom is -0.493 e. The van der Waals surface area contributed by atoms with Crippen LogP contribution in [0.4, 0.5) is 4.39 Å². The predicted molar refractivity (Wildman–Crippen MR) is 117 cm³/mol. The largest absolute Gasteiger partial charge is 0.493 e. The van der Waals surface area contributed by atoms with Crippen molar-refractivity contribution in [3.8, 4) is 11.5 Å². The fourth-order valence-corrected chi connectivity index (χ4v) is 3.09. The number of carbonyl (C=O) groups excluding carboxylic acids is 2. The van der Waals surface area contributed by atoms with E-state index in [1.165, 1.54) is 24.1 Å². The van der Waals surface area contributed by atoms with Gasteiger partial charge in [0.05, 0.1) is 7.11 Å². The van der Waals surface area contributed by atoms with Gasteiger partial charge in [-0.25, -0.2) is 4.39 Å². The summed E-state index contributed by atoms with van der Waals surface area (Å²) in [6.45, 7) is 6.29. The van der Waals surface area contributed by atoms with Gasteiger partial charge in [0.15, 0.2) is 18.1 Å². The number of amides is 2. The molecule has 168 valence electrons. The number of methoxy groups -OCH3 is 1. The Morgan fingerprint density at radius 3 is 2.29 bits per heavy atom. The number of benzene rings is 2. The van der Waals surface area contributed by atoms with Crippen molar-refractivity contribution < 1.29 is 23.5 Å². The lowest BCUT2D eigenvalue weighted by atomic mass is 10.1. The third kappa shape index (κ3) is 7.27. The molecule has 2 aromatic rings. The quantitative estimate of drug-likeness (QED) is 0.589. The number of ether oxygens (including phenoxy) is 2. The van der Waals surface area contributed by atoms with E-state index in [0.717, 1.165) is 5.56 Å². The minimum atomic E-state index is -0.669. The molecule has 6 nitrogen and oxygen atoms in total. The van der Waals surface area contributed by atoms with E-state index in [1.807, 2.05) is 20.8 Å². The number of nitrogens with one attached hydrogen (secondary N) is 1. The van der Waals surface area contributed by atoms with Gasteiger partial charge in [-0.3, -0.25) is 9.59 Å². The summed E-state index contributed by atoms with van der Waals surface area (Å²) >= 11 is 0. The zero-order valence-electron chi connectivity index (χ0n) is 18.6. The summed E-state index contributed by atoms with van der Waals surface area (Å²) in [4.78, 5) is 27.4. The number of carbonyl (C=O) groups is 2. The van der Waals surface area contributed by atoms with Crippen LogP contribution in [0, 0.1) is 11.7 Å². The molecule has 0 unspecified atom stereocenters. The van der Waals surface area contributed by atoms with Crippen LogP contribution in [-0.4, -0.2) is 43.0 Å². The van der Waals surface area contributed by atoms with Crippen molar-refractivity contribution in [3.63, 3.8) is 0 Å². The molecule has 7 heteroatoms. The zero-order chi connectivity index (χ0) is 22.8. The maximum atomic E-state index is 13.3. The lowest BCUT2D eigenvalue weighted by molar-refractivity contribution is -0.143. The molecule has 0 heterocycles. The molecule has 0 aliphatic rings. The van der Waals surface area contributed by atoms with Crippen LogP contribution < -0.4 is 14.8 Å². The SMILES string of the molecule is CC[C@H](C(=O)NCC(C)C)N(Cc1ccc(F)cc1)C(=O)COc1ccccc1OC. The second-order valence-electron chi connectivity index (χ2n) is 7.65. The Bertz CT molecular complexity index is 855. The van der Waals surface area contributed by atoms with Gasteiger partial charge >= 0.3 is 0 Å². The molecule has 1 atom stereocenters. The molecule has 0 fully saturated rings. The fraction of sp³-hybridized carbons (Fsp3) is 0.417. The van der Waals surface area contributed by atoms with Gasteiger partial charge < -0.3 is 19.7 Å². The van der Waals surface area contributed by atoms with E-state index < -0.39 is 6.04 Å². The minimum absolute atomic E-state index is 0.169. The maximum Gasteiger partial charge on any atom is 0.261 e. The molecule has 0 bridgehead atoms. The van der Waals surface area contributed by atoms with Crippen molar-refractivity contribution in [1.82, 2.24) is 10.2 Å². The molecular weight excluding hydrogens is 399 g/mol. The number of halogens is 1. The van der Waals surface area contributed by atoms with Crippen molar-refractivity contribution in [1.29, 1.82) is 0 Å². The number of hydrogen-bond acceptors (Lipinski definition) is 4. The van der Waals surface area contributed by atoms with Crippen LogP contribution in [0.3, 0.4) is 0 Å². The van der Waals surface area contributed by atoms with Crippen LogP contribution in [0.15, 0.2) is 48.5 Å². The van der Waals surface area contributed by atoms with Crippen molar-refractivity contribution in [2.45, 2.75) is 39.8 Å². The molecule has 0 saturated carbocycles. The van der Waals surface area contributed by atoms with Crippen molar-refractivity contribution >= 4 is 11.8 Å². The Morgan fingerprint density at radius 1 is 1.06 bits per heavy atom. The fourth-order valence-electron chi connectivity index (χ4n) is 3.09. The summed E-state index contributed by atoms with van der Waals surface area (Å²) in [5.41, 5.74) is 0.724. The van der Waals surface area contributed by atoms with E-state index in [2.05, 4.69) is 5.32 Å². The molecule has 31 heavy (non-hydrogen) atoms. The van der Waals surface area contributed by atoms with E-state index in [4.69, 9.17) is 9.47 Å². The third-order valence-corrected chi connectivity index (χ3v) is 4.76. The summed E-state index contributed by atoms with van der Waals surface area (Å²) in [6, 6.07) is 12.3. The van der Waals surface area contributed by atoms with Crippen molar-refractivity contribution in [2.24, 2.45) is 5.92 Å². The molecule has 1 N–H and O–H groups in total. The summed E-state index contributed by atoms with van der Waals surface area (Å²) in [6.07, 6.45) is 0.436. The Kier molecular flexibility index (Phi) is 9.31. The van der Waals surface area contributed by atoms with Crippen LogP contribution >= 0.6 is 0 Å². The average Bonchev–Trinajstić information content (AvgIpc) is 2.77. The lowest BCUT2D eigenvalue weighted by Crippen LogP contribution is -2.50. The van der Waals surface area contributed by atoms with Gasteiger partial charge in [0.1, 0.15) is 11.9 Å². The van der Waals surface area contributed by atoms with E-state index >= 15 is 0 Å². The van der Waals surface area contributed by atoms with Gasteiger partial charge in [-0.2, -0.15) is 0 Å². The highest BCUT2D eigenvalue weighted by Crippen LogP contribution is 2.26. The Morgan fingerprint density at radius 2 is 1.71 bits per heavy atom. The van der Waals surface area contributed by atoms with Crippen molar-refractivity contribution in [3.05, 3.63) is 59.9 Å². The molecule has 2 aromatic carbocycles. The zero-order valence-corrected chi connectivity index (χ0v) is 18.6. The Balaban J connectivity index is 2.20. The van der Waals surface area contributed by atoms with Crippen LogP contribution in [0.2, 0.25) is 0 Å². The number of rotatable bonds is 11. The van der Waals surface area contributed by atoms with Crippen molar-refractivity contribution in [2.75, 3.05) is 20.3 Å². The highest BCUT2D eigenvalue weighted by molar-refractivity contribution is 5.88. The van der Waals surface area contributed by atoms with Gasteiger partial charge in [-0.05, 0) is 42.2 Å². The first-order valence-corrected chi connectivity index (χ1v) is 10.4. The van der Waals surface area contributed by atoms with E-state index in [9.17, 15) is 14.0 Å². The molecule has 0 aromatic heterocycles. The summed E-state index contributed by atoms with van der Waals surface area (Å²) in [5, 5.41) is 2.90. The van der Waals surface area contributed by atoms with Gasteiger partial charge in [0, 0.05) is 13.1 Å². The molecule has 0 spiro atoms. The number of hydrogen-bond donors (Lipinski definition) is 1. The monoisotopic (exact) mass is 430 g/mol. The highest BCUT2D eigenvalue weighted by Gasteiger charge is 2.29. The normalized spacial score (nSPS) is 11.7. The maximum absolute atomic E-state index is 13.3. The van der Waals surface area contributed by atoms with Crippen LogP contribution in [0.1, 0.15) is 32.8 Å². The topological polar surface area (TPSA) is 67.9 Å². The van der Waals surface area contributed by atoms with Gasteiger partial charge in [0.25, 0.3) is 5.91 Å². The molecule has 0 aliphatic heterocycles. The first kappa shape index (κ1) is 24.2. The van der Waals surface area contributed by atoms with E-state index in [1.54, 1.807) is 36.4 Å². The molecule has 2 amide bonds. The first-order valence-electron chi connectivity index (χ1n) is 10.4. The third-order valence-electron chi connectivity index (χ3n) is 4.76. The van der Waals surface area contributed by atoms with Gasteiger partial charge in [-0.15, -0.1) is 0 Å². The molecule has 0 radical (unpaired) electrons. The van der Waals surface area contributed by atoms with Gasteiger partial charge in [-0.1, -0.05) is 45.0 Å². The standard InChI is InChI=1S/C24H31FN2O4/c1-5-20(24(29)26-14-17(2)3)27(15-18-10-12-19(25)13-11-18)23(28)16-31-22-9-7-6-8-21(22)30-4/h6-13,17,20H,5,14-16H2,1-4H3,(H,26,29)/t20-/m1/s1. The Labute approximate surface area is 183 Å². The smallest absolute Gasteiger partial charge is 0.261 e. The van der Waals surface area contributed by atoms with Crippen LogP contribution in [-0.2, 0) is 16.1 Å². The van der Waals surface area contributed by atoms with E-state index in [-0.39, 0.29) is 36.7 Å². The van der Waals surface area contributed by atoms with Crippen LogP contribution in [0.25, 0.3) is 0 Å². The lowest BCUT2D eigenvalue weighted by Gasteiger charge is -2.31. The second-order valence-corrected chi connectivity index (χ2v) is 7.65.